The number of aliphatic hydroxyl groups excluding tert-OH is 1. The zero-order chi connectivity index (χ0) is 12.7. The van der Waals surface area contributed by atoms with E-state index in [0.29, 0.717) is 17.7 Å². The Morgan fingerprint density at radius 3 is 2.47 bits per heavy atom. The first-order valence-corrected chi connectivity index (χ1v) is 5.60. The maximum absolute atomic E-state index is 11.4. The van der Waals surface area contributed by atoms with E-state index in [1.807, 2.05) is 6.92 Å². The second-order valence-electron chi connectivity index (χ2n) is 3.72. The van der Waals surface area contributed by atoms with Gasteiger partial charge in [0.25, 0.3) is 0 Å². The van der Waals surface area contributed by atoms with E-state index in [-0.39, 0.29) is 19.0 Å². The summed E-state index contributed by atoms with van der Waals surface area (Å²) in [5.74, 6) is 0.740. The fourth-order valence-corrected chi connectivity index (χ4v) is 1.37. The molecule has 0 heterocycles. The van der Waals surface area contributed by atoms with Crippen LogP contribution in [0.4, 0.5) is 0 Å². The lowest BCUT2D eigenvalue weighted by molar-refractivity contribution is 0.0325. The molecule has 1 unspecified atom stereocenters. The zero-order valence-corrected chi connectivity index (χ0v) is 10.2. The molecule has 94 valence electrons. The van der Waals surface area contributed by atoms with Crippen LogP contribution in [-0.2, 0) is 4.74 Å². The first-order valence-electron chi connectivity index (χ1n) is 5.60. The molecule has 0 aliphatic rings. The molecule has 0 saturated heterocycles. The van der Waals surface area contributed by atoms with E-state index in [4.69, 9.17) is 9.47 Å². The average Bonchev–Trinajstić information content (AvgIpc) is 2.36. The highest BCUT2D eigenvalue weighted by Gasteiger charge is 2.06. The van der Waals surface area contributed by atoms with Crippen molar-refractivity contribution in [3.8, 4) is 5.75 Å². The normalized spacial score (nSPS) is 12.2. The second-order valence-corrected chi connectivity index (χ2v) is 3.72. The van der Waals surface area contributed by atoms with Gasteiger partial charge in [-0.15, -0.1) is 0 Å². The highest BCUT2D eigenvalue weighted by molar-refractivity contribution is 5.95. The van der Waals surface area contributed by atoms with Crippen LogP contribution in [0.3, 0.4) is 0 Å². The van der Waals surface area contributed by atoms with Crippen molar-refractivity contribution in [2.24, 2.45) is 0 Å². The predicted octanol–water partition coefficient (Wildman–Crippen LogP) is 1.67. The van der Waals surface area contributed by atoms with E-state index >= 15 is 0 Å². The topological polar surface area (TPSA) is 55.8 Å². The van der Waals surface area contributed by atoms with E-state index in [0.717, 1.165) is 0 Å². The van der Waals surface area contributed by atoms with Crippen molar-refractivity contribution < 1.29 is 19.4 Å². The molecule has 0 aromatic heterocycles. The van der Waals surface area contributed by atoms with Crippen LogP contribution in [0, 0.1) is 0 Å². The Labute approximate surface area is 101 Å². The summed E-state index contributed by atoms with van der Waals surface area (Å²) in [6.45, 7) is 2.25. The minimum atomic E-state index is -0.642. The van der Waals surface area contributed by atoms with Crippen LogP contribution in [0.2, 0.25) is 0 Å². The number of ether oxygens (including phenoxy) is 2. The maximum Gasteiger partial charge on any atom is 0.162 e. The summed E-state index contributed by atoms with van der Waals surface area (Å²) >= 11 is 0. The largest absolute Gasteiger partial charge is 0.491 e. The van der Waals surface area contributed by atoms with E-state index in [2.05, 4.69) is 0 Å². The third kappa shape index (κ3) is 4.54. The molecule has 1 aromatic rings. The molecule has 0 amide bonds. The third-order valence-electron chi connectivity index (χ3n) is 2.30. The fourth-order valence-electron chi connectivity index (χ4n) is 1.37. The van der Waals surface area contributed by atoms with Crippen LogP contribution in [0.15, 0.2) is 24.3 Å². The Hall–Kier alpha value is -1.39. The highest BCUT2D eigenvalue weighted by Crippen LogP contribution is 2.13. The molecule has 1 aromatic carbocycles. The van der Waals surface area contributed by atoms with Crippen LogP contribution >= 0.6 is 0 Å². The molecule has 1 rings (SSSR count). The molecule has 1 atom stereocenters. The standard InChI is InChI=1S/C13H18O4/c1-3-13(15)10-4-6-12(7-5-10)17-9-11(14)8-16-2/h4-7,11,14H,3,8-9H2,1-2H3. The van der Waals surface area contributed by atoms with Gasteiger partial charge in [-0.25, -0.2) is 0 Å². The van der Waals surface area contributed by atoms with Crippen molar-refractivity contribution in [3.63, 3.8) is 0 Å². The molecular formula is C13H18O4. The summed E-state index contributed by atoms with van der Waals surface area (Å²) in [5, 5.41) is 9.39. The number of benzene rings is 1. The minimum absolute atomic E-state index is 0.107. The van der Waals surface area contributed by atoms with Gasteiger partial charge >= 0.3 is 0 Å². The molecule has 4 heteroatoms. The van der Waals surface area contributed by atoms with Gasteiger partial charge in [0.2, 0.25) is 0 Å². The molecule has 0 bridgehead atoms. The van der Waals surface area contributed by atoms with Gasteiger partial charge in [-0.2, -0.15) is 0 Å². The monoisotopic (exact) mass is 238 g/mol. The number of methoxy groups -OCH3 is 1. The van der Waals surface area contributed by atoms with Gasteiger partial charge in [0, 0.05) is 19.1 Å². The Kier molecular flexibility index (Phi) is 5.66. The zero-order valence-electron chi connectivity index (χ0n) is 10.2. The first kappa shape index (κ1) is 13.7. The Bertz CT molecular complexity index is 345. The van der Waals surface area contributed by atoms with Gasteiger partial charge in [0.1, 0.15) is 18.5 Å². The van der Waals surface area contributed by atoms with Gasteiger partial charge in [-0.05, 0) is 24.3 Å². The number of carbonyl (C=O) groups is 1. The lowest BCUT2D eigenvalue weighted by atomic mass is 10.1. The quantitative estimate of drug-likeness (QED) is 0.734. The van der Waals surface area contributed by atoms with Crippen molar-refractivity contribution in [3.05, 3.63) is 29.8 Å². The molecule has 0 aliphatic carbocycles. The lowest BCUT2D eigenvalue weighted by Gasteiger charge is -2.11. The number of Topliss-reactive ketones (excluding diaryl/α,β-unsaturated/α-hetero) is 1. The van der Waals surface area contributed by atoms with E-state index in [9.17, 15) is 9.90 Å². The highest BCUT2D eigenvalue weighted by atomic mass is 16.5. The van der Waals surface area contributed by atoms with Gasteiger partial charge < -0.3 is 14.6 Å². The molecule has 0 aliphatic heterocycles. The van der Waals surface area contributed by atoms with Gasteiger partial charge in [0.15, 0.2) is 5.78 Å². The fraction of sp³-hybridized carbons (Fsp3) is 0.462. The Balaban J connectivity index is 2.48. The number of carbonyl (C=O) groups excluding carboxylic acids is 1. The number of aliphatic hydroxyl groups is 1. The van der Waals surface area contributed by atoms with Gasteiger partial charge in [-0.3, -0.25) is 4.79 Å². The summed E-state index contributed by atoms with van der Waals surface area (Å²) in [4.78, 5) is 11.4. The number of ketones is 1. The molecule has 0 saturated carbocycles. The predicted molar refractivity (Wildman–Crippen MR) is 64.4 cm³/mol. The smallest absolute Gasteiger partial charge is 0.162 e. The van der Waals surface area contributed by atoms with Gasteiger partial charge in [0.05, 0.1) is 6.61 Å². The number of hydrogen-bond acceptors (Lipinski definition) is 4. The number of hydrogen-bond donors (Lipinski definition) is 1. The van der Waals surface area contributed by atoms with Crippen molar-refractivity contribution in [2.75, 3.05) is 20.3 Å². The molecular weight excluding hydrogens is 220 g/mol. The second kappa shape index (κ2) is 7.04. The summed E-state index contributed by atoms with van der Waals surface area (Å²) in [6.07, 6.45) is -0.149. The van der Waals surface area contributed by atoms with Crippen LogP contribution in [-0.4, -0.2) is 37.3 Å². The summed E-state index contributed by atoms with van der Waals surface area (Å²) in [5.41, 5.74) is 0.678. The minimum Gasteiger partial charge on any atom is -0.491 e. The molecule has 4 nitrogen and oxygen atoms in total. The Morgan fingerprint density at radius 2 is 1.94 bits per heavy atom. The molecule has 0 fully saturated rings. The molecule has 0 radical (unpaired) electrons. The van der Waals surface area contributed by atoms with Crippen molar-refractivity contribution in [1.82, 2.24) is 0 Å². The van der Waals surface area contributed by atoms with E-state index < -0.39 is 6.10 Å². The van der Waals surface area contributed by atoms with E-state index in [1.54, 1.807) is 24.3 Å². The number of rotatable bonds is 7. The van der Waals surface area contributed by atoms with Crippen LogP contribution in [0.5, 0.6) is 5.75 Å². The molecule has 0 spiro atoms. The Morgan fingerprint density at radius 1 is 1.29 bits per heavy atom. The van der Waals surface area contributed by atoms with Crippen molar-refractivity contribution >= 4 is 5.78 Å². The molecule has 17 heavy (non-hydrogen) atoms. The van der Waals surface area contributed by atoms with Crippen LogP contribution < -0.4 is 4.74 Å². The first-order chi connectivity index (χ1) is 8.17. The van der Waals surface area contributed by atoms with Crippen molar-refractivity contribution in [1.29, 1.82) is 0 Å². The lowest BCUT2D eigenvalue weighted by Crippen LogP contribution is -2.22. The average molecular weight is 238 g/mol. The maximum atomic E-state index is 11.4. The summed E-state index contributed by atoms with van der Waals surface area (Å²) < 4.78 is 10.1. The summed E-state index contributed by atoms with van der Waals surface area (Å²) in [6, 6.07) is 6.90. The van der Waals surface area contributed by atoms with Crippen LogP contribution in [0.1, 0.15) is 23.7 Å². The third-order valence-corrected chi connectivity index (χ3v) is 2.30. The SMILES string of the molecule is CCC(=O)c1ccc(OCC(O)COC)cc1. The van der Waals surface area contributed by atoms with E-state index in [1.165, 1.54) is 7.11 Å². The molecule has 1 N–H and O–H groups in total. The van der Waals surface area contributed by atoms with Gasteiger partial charge in [-0.1, -0.05) is 6.92 Å². The van der Waals surface area contributed by atoms with Crippen molar-refractivity contribution in [2.45, 2.75) is 19.4 Å². The summed E-state index contributed by atoms with van der Waals surface area (Å²) in [7, 11) is 1.52. The van der Waals surface area contributed by atoms with Crippen LogP contribution in [0.25, 0.3) is 0 Å².